The van der Waals surface area contributed by atoms with Crippen LogP contribution in [0.4, 0.5) is 5.82 Å². The summed E-state index contributed by atoms with van der Waals surface area (Å²) in [5.41, 5.74) is 1.42. The Kier molecular flexibility index (Phi) is 4.32. The van der Waals surface area contributed by atoms with Crippen LogP contribution in [0, 0.1) is 17.2 Å². The maximum atomic E-state index is 9.18. The van der Waals surface area contributed by atoms with Crippen molar-refractivity contribution in [2.75, 3.05) is 18.5 Å². The zero-order chi connectivity index (χ0) is 13.7. The fraction of sp³-hybridized carbons (Fsp3) is 0.333. The predicted molar refractivity (Wildman–Crippen MR) is 75.8 cm³/mol. The van der Waals surface area contributed by atoms with Gasteiger partial charge in [-0.1, -0.05) is 25.1 Å². The molecule has 0 spiro atoms. The van der Waals surface area contributed by atoms with E-state index in [9.17, 15) is 5.26 Å². The third-order valence-electron chi connectivity index (χ3n) is 3.08. The molecule has 0 aliphatic rings. The van der Waals surface area contributed by atoms with Gasteiger partial charge in [-0.15, -0.1) is 0 Å². The summed E-state index contributed by atoms with van der Waals surface area (Å²) >= 11 is 0. The van der Waals surface area contributed by atoms with Crippen LogP contribution in [0.2, 0.25) is 0 Å². The molecule has 0 bridgehead atoms. The molecule has 2 aromatic rings. The average Bonchev–Trinajstić information content (AvgIpc) is 2.44. The van der Waals surface area contributed by atoms with Gasteiger partial charge in [0.15, 0.2) is 0 Å². The topological polar surface area (TPSA) is 68.9 Å². The number of aliphatic hydroxyl groups is 1. The molecule has 4 heteroatoms. The zero-order valence-corrected chi connectivity index (χ0v) is 10.9. The first-order valence-corrected chi connectivity index (χ1v) is 6.39. The molecule has 0 amide bonds. The monoisotopic (exact) mass is 255 g/mol. The first-order valence-electron chi connectivity index (χ1n) is 6.39. The van der Waals surface area contributed by atoms with E-state index in [0.29, 0.717) is 23.8 Å². The van der Waals surface area contributed by atoms with Crippen LogP contribution in [0.5, 0.6) is 0 Å². The smallest absolute Gasteiger partial charge is 0.144 e. The summed E-state index contributed by atoms with van der Waals surface area (Å²) in [6.07, 6.45) is 0.739. The standard InChI is InChI=1S/C15H17N3O/c1-11(6-7-19)10-17-15-13(9-16)8-12-4-2-3-5-14(12)18-15/h2-5,8,11,19H,6-7,10H2,1H3,(H,17,18). The van der Waals surface area contributed by atoms with Crippen LogP contribution >= 0.6 is 0 Å². The Morgan fingerprint density at radius 2 is 2.21 bits per heavy atom. The minimum atomic E-state index is 0.180. The second kappa shape index (κ2) is 6.17. The van der Waals surface area contributed by atoms with Crippen LogP contribution in [-0.4, -0.2) is 23.2 Å². The second-order valence-corrected chi connectivity index (χ2v) is 4.69. The lowest BCUT2D eigenvalue weighted by Gasteiger charge is -2.13. The Labute approximate surface area is 112 Å². The Morgan fingerprint density at radius 1 is 1.42 bits per heavy atom. The van der Waals surface area contributed by atoms with Crippen LogP contribution in [-0.2, 0) is 0 Å². The fourth-order valence-electron chi connectivity index (χ4n) is 1.93. The summed E-state index contributed by atoms with van der Waals surface area (Å²) in [6.45, 7) is 2.93. The molecule has 0 saturated carbocycles. The van der Waals surface area contributed by atoms with Gasteiger partial charge in [0.25, 0.3) is 0 Å². The lowest BCUT2D eigenvalue weighted by molar-refractivity contribution is 0.266. The number of rotatable bonds is 5. The number of nitrogens with zero attached hydrogens (tertiary/aromatic N) is 2. The van der Waals surface area contributed by atoms with Gasteiger partial charge in [0.2, 0.25) is 0 Å². The molecule has 1 heterocycles. The highest BCUT2D eigenvalue weighted by Crippen LogP contribution is 2.20. The number of pyridine rings is 1. The molecule has 0 saturated heterocycles. The number of hydrogen-bond acceptors (Lipinski definition) is 4. The van der Waals surface area contributed by atoms with E-state index < -0.39 is 0 Å². The van der Waals surface area contributed by atoms with Crippen LogP contribution < -0.4 is 5.32 Å². The Morgan fingerprint density at radius 3 is 2.95 bits per heavy atom. The van der Waals surface area contributed by atoms with Crippen molar-refractivity contribution >= 4 is 16.7 Å². The van der Waals surface area contributed by atoms with E-state index in [1.54, 1.807) is 0 Å². The summed E-state index contributed by atoms with van der Waals surface area (Å²) in [6, 6.07) is 11.8. The van der Waals surface area contributed by atoms with Crippen molar-refractivity contribution in [3.05, 3.63) is 35.9 Å². The molecule has 98 valence electrons. The molecule has 2 N–H and O–H groups in total. The van der Waals surface area contributed by atoms with Gasteiger partial charge in [0.1, 0.15) is 11.9 Å². The quantitative estimate of drug-likeness (QED) is 0.861. The summed E-state index contributed by atoms with van der Waals surface area (Å²) < 4.78 is 0. The first kappa shape index (κ1) is 13.3. The van der Waals surface area contributed by atoms with Crippen LogP contribution in [0.15, 0.2) is 30.3 Å². The van der Waals surface area contributed by atoms with E-state index in [-0.39, 0.29) is 6.61 Å². The number of nitriles is 1. The number of hydrogen-bond donors (Lipinski definition) is 2. The summed E-state index contributed by atoms with van der Waals surface area (Å²) in [5.74, 6) is 0.954. The first-order chi connectivity index (χ1) is 9.24. The Balaban J connectivity index is 2.24. The minimum Gasteiger partial charge on any atom is -0.396 e. The molecule has 0 fully saturated rings. The minimum absolute atomic E-state index is 0.180. The normalized spacial score (nSPS) is 12.1. The van der Waals surface area contributed by atoms with E-state index in [0.717, 1.165) is 17.3 Å². The SMILES string of the molecule is CC(CCO)CNc1nc2ccccc2cc1C#N. The Bertz CT molecular complexity index is 604. The summed E-state index contributed by atoms with van der Waals surface area (Å²) in [7, 11) is 0. The van der Waals surface area contributed by atoms with Crippen molar-refractivity contribution in [2.45, 2.75) is 13.3 Å². The van der Waals surface area contributed by atoms with E-state index >= 15 is 0 Å². The molecule has 19 heavy (non-hydrogen) atoms. The van der Waals surface area contributed by atoms with Crippen molar-refractivity contribution < 1.29 is 5.11 Å². The van der Waals surface area contributed by atoms with Crippen molar-refractivity contribution in [3.8, 4) is 6.07 Å². The predicted octanol–water partition coefficient (Wildman–Crippen LogP) is 2.54. The molecule has 4 nitrogen and oxygen atoms in total. The lowest BCUT2D eigenvalue weighted by atomic mass is 10.1. The number of benzene rings is 1. The van der Waals surface area contributed by atoms with Crippen molar-refractivity contribution in [1.29, 1.82) is 5.26 Å². The third-order valence-corrected chi connectivity index (χ3v) is 3.08. The maximum absolute atomic E-state index is 9.18. The molecule has 0 aliphatic heterocycles. The third kappa shape index (κ3) is 3.21. The van der Waals surface area contributed by atoms with Crippen LogP contribution in [0.3, 0.4) is 0 Å². The lowest BCUT2D eigenvalue weighted by Crippen LogP contribution is -2.14. The van der Waals surface area contributed by atoms with Crippen LogP contribution in [0.25, 0.3) is 10.9 Å². The summed E-state index contributed by atoms with van der Waals surface area (Å²) in [4.78, 5) is 4.48. The molecular formula is C15H17N3O. The number of nitrogens with one attached hydrogen (secondary N) is 1. The molecule has 1 atom stereocenters. The van der Waals surface area contributed by atoms with Crippen molar-refractivity contribution in [3.63, 3.8) is 0 Å². The van der Waals surface area contributed by atoms with E-state index in [1.165, 1.54) is 0 Å². The highest BCUT2D eigenvalue weighted by Gasteiger charge is 2.08. The average molecular weight is 255 g/mol. The van der Waals surface area contributed by atoms with Gasteiger partial charge in [-0.2, -0.15) is 5.26 Å². The van der Waals surface area contributed by atoms with Gasteiger partial charge in [0, 0.05) is 18.5 Å². The largest absolute Gasteiger partial charge is 0.396 e. The molecular weight excluding hydrogens is 238 g/mol. The summed E-state index contributed by atoms with van der Waals surface area (Å²) in [5, 5.41) is 22.2. The zero-order valence-electron chi connectivity index (χ0n) is 10.9. The van der Waals surface area contributed by atoms with Crippen LogP contribution in [0.1, 0.15) is 18.9 Å². The van der Waals surface area contributed by atoms with Crippen molar-refractivity contribution in [1.82, 2.24) is 4.98 Å². The number of aliphatic hydroxyl groups excluding tert-OH is 1. The highest BCUT2D eigenvalue weighted by atomic mass is 16.3. The fourth-order valence-corrected chi connectivity index (χ4v) is 1.93. The van der Waals surface area contributed by atoms with Gasteiger partial charge in [-0.3, -0.25) is 0 Å². The molecule has 0 aliphatic carbocycles. The van der Waals surface area contributed by atoms with Gasteiger partial charge >= 0.3 is 0 Å². The number of aromatic nitrogens is 1. The molecule has 1 unspecified atom stereocenters. The number of anilines is 1. The number of para-hydroxylation sites is 1. The molecule has 1 aromatic heterocycles. The number of fused-ring (bicyclic) bond motifs is 1. The second-order valence-electron chi connectivity index (χ2n) is 4.69. The van der Waals surface area contributed by atoms with Gasteiger partial charge in [-0.25, -0.2) is 4.98 Å². The van der Waals surface area contributed by atoms with E-state index in [2.05, 4.69) is 23.3 Å². The van der Waals surface area contributed by atoms with Gasteiger partial charge < -0.3 is 10.4 Å². The molecule has 1 aromatic carbocycles. The van der Waals surface area contributed by atoms with E-state index in [4.69, 9.17) is 5.11 Å². The van der Waals surface area contributed by atoms with Gasteiger partial charge in [0.05, 0.1) is 11.1 Å². The molecule has 2 rings (SSSR count). The van der Waals surface area contributed by atoms with Gasteiger partial charge in [-0.05, 0) is 24.5 Å². The molecule has 0 radical (unpaired) electrons. The Hall–Kier alpha value is -2.12. The van der Waals surface area contributed by atoms with E-state index in [1.807, 2.05) is 30.3 Å². The maximum Gasteiger partial charge on any atom is 0.144 e. The highest BCUT2D eigenvalue weighted by molar-refractivity contribution is 5.82. The van der Waals surface area contributed by atoms with Crippen molar-refractivity contribution in [2.24, 2.45) is 5.92 Å².